The Morgan fingerprint density at radius 3 is 2.88 bits per heavy atom. The molecule has 0 unspecified atom stereocenters. The van der Waals surface area contributed by atoms with Gasteiger partial charge < -0.3 is 5.32 Å². The van der Waals surface area contributed by atoms with E-state index < -0.39 is 0 Å². The normalized spacial score (nSPS) is 10.1. The van der Waals surface area contributed by atoms with Crippen molar-refractivity contribution in [1.82, 2.24) is 4.98 Å². The molecule has 0 aliphatic heterocycles. The van der Waals surface area contributed by atoms with E-state index in [-0.39, 0.29) is 0 Å². The minimum Gasteiger partial charge on any atom is -0.379 e. The second kappa shape index (κ2) is 5.56. The zero-order valence-corrected chi connectivity index (χ0v) is 10.00. The van der Waals surface area contributed by atoms with Crippen LogP contribution in [0, 0.1) is 0 Å². The molecule has 2 aromatic rings. The van der Waals surface area contributed by atoms with Gasteiger partial charge in [0.05, 0.1) is 12.2 Å². The van der Waals surface area contributed by atoms with E-state index in [4.69, 9.17) is 0 Å². The fraction of sp³-hybridized carbons (Fsp3) is 0.154. The fourth-order valence-electron chi connectivity index (χ4n) is 1.43. The molecule has 1 N–H and O–H groups in total. The smallest absolute Gasteiger partial charge is 0.0594 e. The lowest BCUT2D eigenvalue weighted by molar-refractivity contribution is 1.04. The van der Waals surface area contributed by atoms with Gasteiger partial charge in [0.2, 0.25) is 0 Å². The Kier molecular flexibility index (Phi) is 3.83. The molecule has 16 heavy (non-hydrogen) atoms. The van der Waals surface area contributed by atoms with Crippen LogP contribution in [0.3, 0.4) is 0 Å². The number of thioether (sulfide) groups is 1. The van der Waals surface area contributed by atoms with E-state index in [9.17, 15) is 0 Å². The van der Waals surface area contributed by atoms with Crippen molar-refractivity contribution in [2.45, 2.75) is 11.4 Å². The number of nitrogens with one attached hydrogen (secondary N) is 1. The Bertz CT molecular complexity index is 443. The van der Waals surface area contributed by atoms with Crippen LogP contribution in [0.25, 0.3) is 0 Å². The fourth-order valence-corrected chi connectivity index (χ4v) is 1.89. The molecule has 1 aromatic carbocycles. The SMILES string of the molecule is CSc1cccc(NCc2ccccn2)c1. The van der Waals surface area contributed by atoms with Gasteiger partial charge in [0.15, 0.2) is 0 Å². The van der Waals surface area contributed by atoms with Crippen LogP contribution in [-0.4, -0.2) is 11.2 Å². The van der Waals surface area contributed by atoms with Crippen LogP contribution in [0.15, 0.2) is 53.6 Å². The first-order valence-corrected chi connectivity index (χ1v) is 6.39. The van der Waals surface area contributed by atoms with Gasteiger partial charge >= 0.3 is 0 Å². The van der Waals surface area contributed by atoms with Crippen molar-refractivity contribution in [3.63, 3.8) is 0 Å². The highest BCUT2D eigenvalue weighted by molar-refractivity contribution is 7.98. The van der Waals surface area contributed by atoms with Gasteiger partial charge in [-0.2, -0.15) is 0 Å². The maximum atomic E-state index is 4.27. The predicted octanol–water partition coefficient (Wildman–Crippen LogP) is 3.42. The Morgan fingerprint density at radius 1 is 1.19 bits per heavy atom. The first-order chi connectivity index (χ1) is 7.88. The number of hydrogen-bond acceptors (Lipinski definition) is 3. The summed E-state index contributed by atoms with van der Waals surface area (Å²) in [6, 6.07) is 14.3. The Balaban J connectivity index is 1.99. The first-order valence-electron chi connectivity index (χ1n) is 5.16. The average molecular weight is 230 g/mol. The number of rotatable bonds is 4. The molecular formula is C13H14N2S. The van der Waals surface area contributed by atoms with Crippen LogP contribution >= 0.6 is 11.8 Å². The molecule has 0 saturated heterocycles. The monoisotopic (exact) mass is 230 g/mol. The van der Waals surface area contributed by atoms with E-state index >= 15 is 0 Å². The third-order valence-corrected chi connectivity index (χ3v) is 2.99. The lowest BCUT2D eigenvalue weighted by Crippen LogP contribution is -2.00. The van der Waals surface area contributed by atoms with Gasteiger partial charge in [0, 0.05) is 16.8 Å². The molecule has 1 aromatic heterocycles. The minimum atomic E-state index is 0.763. The van der Waals surface area contributed by atoms with E-state index in [1.165, 1.54) is 4.90 Å². The number of nitrogens with zero attached hydrogens (tertiary/aromatic N) is 1. The van der Waals surface area contributed by atoms with Crippen molar-refractivity contribution in [3.8, 4) is 0 Å². The van der Waals surface area contributed by atoms with Gasteiger partial charge in [0.1, 0.15) is 0 Å². The topological polar surface area (TPSA) is 24.9 Å². The third kappa shape index (κ3) is 3.00. The molecular weight excluding hydrogens is 216 g/mol. The molecule has 0 aliphatic carbocycles. The lowest BCUT2D eigenvalue weighted by atomic mass is 10.3. The summed E-state index contributed by atoms with van der Waals surface area (Å²) in [6.45, 7) is 0.763. The highest BCUT2D eigenvalue weighted by Crippen LogP contribution is 2.19. The maximum Gasteiger partial charge on any atom is 0.0594 e. The van der Waals surface area contributed by atoms with Crippen molar-refractivity contribution in [2.24, 2.45) is 0 Å². The quantitative estimate of drug-likeness (QED) is 0.815. The van der Waals surface area contributed by atoms with Crippen LogP contribution in [-0.2, 0) is 6.54 Å². The van der Waals surface area contributed by atoms with Gasteiger partial charge in [-0.1, -0.05) is 12.1 Å². The Morgan fingerprint density at radius 2 is 2.12 bits per heavy atom. The van der Waals surface area contributed by atoms with Crippen LogP contribution in [0.2, 0.25) is 0 Å². The molecule has 0 radical (unpaired) electrons. The van der Waals surface area contributed by atoms with Gasteiger partial charge in [-0.05, 0) is 36.6 Å². The summed E-state index contributed by atoms with van der Waals surface area (Å²) in [5.74, 6) is 0. The van der Waals surface area contributed by atoms with E-state index in [0.29, 0.717) is 0 Å². The zero-order chi connectivity index (χ0) is 11.2. The second-order valence-corrected chi connectivity index (χ2v) is 4.29. The summed E-state index contributed by atoms with van der Waals surface area (Å²) in [5, 5.41) is 3.36. The molecule has 0 amide bonds. The van der Waals surface area contributed by atoms with Crippen LogP contribution in [0.5, 0.6) is 0 Å². The van der Waals surface area contributed by atoms with Crippen molar-refractivity contribution in [2.75, 3.05) is 11.6 Å². The Hall–Kier alpha value is -1.48. The van der Waals surface area contributed by atoms with E-state index in [2.05, 4.69) is 40.8 Å². The number of aromatic nitrogens is 1. The van der Waals surface area contributed by atoms with Gasteiger partial charge in [0.25, 0.3) is 0 Å². The maximum absolute atomic E-state index is 4.27. The molecule has 1 heterocycles. The van der Waals surface area contributed by atoms with Gasteiger partial charge in [-0.15, -0.1) is 11.8 Å². The largest absolute Gasteiger partial charge is 0.379 e. The van der Waals surface area contributed by atoms with E-state index in [1.54, 1.807) is 11.8 Å². The summed E-state index contributed by atoms with van der Waals surface area (Å²) in [4.78, 5) is 5.54. The molecule has 82 valence electrons. The molecule has 0 atom stereocenters. The number of benzene rings is 1. The zero-order valence-electron chi connectivity index (χ0n) is 9.18. The van der Waals surface area contributed by atoms with Crippen LogP contribution < -0.4 is 5.32 Å². The van der Waals surface area contributed by atoms with Crippen molar-refractivity contribution in [3.05, 3.63) is 54.4 Å². The number of hydrogen-bond donors (Lipinski definition) is 1. The highest BCUT2D eigenvalue weighted by atomic mass is 32.2. The predicted molar refractivity (Wildman–Crippen MR) is 69.8 cm³/mol. The molecule has 0 aliphatic rings. The first kappa shape index (κ1) is 11.0. The molecule has 0 fully saturated rings. The summed E-state index contributed by atoms with van der Waals surface area (Å²) in [6.07, 6.45) is 3.90. The summed E-state index contributed by atoms with van der Waals surface area (Å²) < 4.78 is 0. The summed E-state index contributed by atoms with van der Waals surface area (Å²) >= 11 is 1.75. The summed E-state index contributed by atoms with van der Waals surface area (Å²) in [5.41, 5.74) is 2.19. The van der Waals surface area contributed by atoms with Crippen molar-refractivity contribution >= 4 is 17.4 Å². The molecule has 0 bridgehead atoms. The van der Waals surface area contributed by atoms with Crippen molar-refractivity contribution in [1.29, 1.82) is 0 Å². The summed E-state index contributed by atoms with van der Waals surface area (Å²) in [7, 11) is 0. The molecule has 0 saturated carbocycles. The van der Waals surface area contributed by atoms with Crippen LogP contribution in [0.4, 0.5) is 5.69 Å². The van der Waals surface area contributed by atoms with Gasteiger partial charge in [-0.3, -0.25) is 4.98 Å². The number of pyridine rings is 1. The average Bonchev–Trinajstić information content (AvgIpc) is 2.38. The van der Waals surface area contributed by atoms with E-state index in [0.717, 1.165) is 17.9 Å². The second-order valence-electron chi connectivity index (χ2n) is 3.41. The number of anilines is 1. The molecule has 2 rings (SSSR count). The minimum absolute atomic E-state index is 0.763. The molecule has 0 spiro atoms. The highest BCUT2D eigenvalue weighted by Gasteiger charge is 1.95. The molecule has 2 nitrogen and oxygen atoms in total. The van der Waals surface area contributed by atoms with Gasteiger partial charge in [-0.25, -0.2) is 0 Å². The molecule has 3 heteroatoms. The Labute approximate surface area is 100 Å². The van der Waals surface area contributed by atoms with Crippen molar-refractivity contribution < 1.29 is 0 Å². The van der Waals surface area contributed by atoms with Crippen LogP contribution in [0.1, 0.15) is 5.69 Å². The lowest BCUT2D eigenvalue weighted by Gasteiger charge is -2.06. The van der Waals surface area contributed by atoms with E-state index in [1.807, 2.05) is 24.4 Å². The third-order valence-electron chi connectivity index (χ3n) is 2.27. The standard InChI is InChI=1S/C13H14N2S/c1-16-13-7-4-6-11(9-13)15-10-12-5-2-3-8-14-12/h2-9,15H,10H2,1H3.